The number of hydrogen-bond acceptors (Lipinski definition) is 2. The largest absolute Gasteiger partial charge is 0.384 e. The average Bonchev–Trinajstić information content (AvgIpc) is 3.08. The monoisotopic (exact) mass is 245 g/mol. The van der Waals surface area contributed by atoms with Crippen molar-refractivity contribution in [2.45, 2.75) is 51.7 Å². The van der Waals surface area contributed by atoms with E-state index in [9.17, 15) is 5.11 Å². The lowest BCUT2D eigenvalue weighted by Gasteiger charge is -2.26. The number of aryl methyl sites for hydroxylation is 3. The molecule has 1 saturated heterocycles. The van der Waals surface area contributed by atoms with Gasteiger partial charge in [0, 0.05) is 19.1 Å². The summed E-state index contributed by atoms with van der Waals surface area (Å²) >= 11 is 0. The lowest BCUT2D eigenvalue weighted by Crippen LogP contribution is -2.32. The van der Waals surface area contributed by atoms with Gasteiger partial charge in [0.25, 0.3) is 0 Å². The topological polar surface area (TPSA) is 23.5 Å². The van der Waals surface area contributed by atoms with Crippen LogP contribution in [0.4, 0.5) is 0 Å². The minimum atomic E-state index is -0.620. The summed E-state index contributed by atoms with van der Waals surface area (Å²) in [5, 5.41) is 11.0. The Balaban J connectivity index is 1.91. The van der Waals surface area contributed by atoms with Gasteiger partial charge in [-0.2, -0.15) is 0 Å². The molecular weight excluding hydrogens is 222 g/mol. The van der Waals surface area contributed by atoms with Crippen molar-refractivity contribution >= 4 is 0 Å². The van der Waals surface area contributed by atoms with Crippen LogP contribution in [0.3, 0.4) is 0 Å². The molecule has 1 aromatic carbocycles. The fraction of sp³-hybridized carbons (Fsp3) is 0.625. The minimum absolute atomic E-state index is 0.620. The number of rotatable bonds is 2. The van der Waals surface area contributed by atoms with Crippen molar-refractivity contribution in [3.8, 4) is 0 Å². The smallest absolute Gasteiger partial charge is 0.104 e. The summed E-state index contributed by atoms with van der Waals surface area (Å²) in [5.74, 6) is 0. The van der Waals surface area contributed by atoms with Gasteiger partial charge in [-0.15, -0.1) is 0 Å². The van der Waals surface area contributed by atoms with Gasteiger partial charge >= 0.3 is 0 Å². The molecule has 0 amide bonds. The summed E-state index contributed by atoms with van der Waals surface area (Å²) in [6, 6.07) is 5.16. The maximum atomic E-state index is 11.0. The predicted molar refractivity (Wildman–Crippen MR) is 73.8 cm³/mol. The molecule has 1 unspecified atom stereocenters. The summed E-state index contributed by atoms with van der Waals surface area (Å²) in [7, 11) is 0. The van der Waals surface area contributed by atoms with Gasteiger partial charge in [0.15, 0.2) is 0 Å². The Kier molecular flexibility index (Phi) is 2.76. The van der Waals surface area contributed by atoms with E-state index < -0.39 is 5.60 Å². The van der Waals surface area contributed by atoms with Crippen LogP contribution >= 0.6 is 0 Å². The molecule has 1 atom stereocenters. The van der Waals surface area contributed by atoms with Crippen molar-refractivity contribution in [2.24, 2.45) is 0 Å². The molecule has 0 radical (unpaired) electrons. The zero-order valence-corrected chi connectivity index (χ0v) is 11.7. The SMILES string of the molecule is Cc1cc(C)c(C2(O)CCN(C3CC3)C2)cc1C. The van der Waals surface area contributed by atoms with Crippen LogP contribution in [0.15, 0.2) is 12.1 Å². The minimum Gasteiger partial charge on any atom is -0.384 e. The van der Waals surface area contributed by atoms with Crippen LogP contribution in [0.25, 0.3) is 0 Å². The number of benzene rings is 1. The van der Waals surface area contributed by atoms with Gasteiger partial charge in [0.1, 0.15) is 5.60 Å². The van der Waals surface area contributed by atoms with Crippen LogP contribution in [-0.2, 0) is 5.60 Å². The van der Waals surface area contributed by atoms with Crippen molar-refractivity contribution < 1.29 is 5.11 Å². The maximum Gasteiger partial charge on any atom is 0.104 e. The van der Waals surface area contributed by atoms with Crippen molar-refractivity contribution in [1.82, 2.24) is 4.90 Å². The van der Waals surface area contributed by atoms with E-state index in [1.165, 1.54) is 29.5 Å². The van der Waals surface area contributed by atoms with Gasteiger partial charge in [0.05, 0.1) is 0 Å². The van der Waals surface area contributed by atoms with E-state index in [4.69, 9.17) is 0 Å². The normalized spacial score (nSPS) is 28.9. The Bertz CT molecular complexity index is 478. The van der Waals surface area contributed by atoms with Crippen molar-refractivity contribution in [2.75, 3.05) is 13.1 Å². The number of nitrogens with zero attached hydrogens (tertiary/aromatic N) is 1. The molecule has 1 saturated carbocycles. The van der Waals surface area contributed by atoms with E-state index in [0.717, 1.165) is 31.1 Å². The number of aliphatic hydroxyl groups is 1. The molecule has 1 N–H and O–H groups in total. The van der Waals surface area contributed by atoms with E-state index in [0.29, 0.717) is 0 Å². The number of likely N-dealkylation sites (tertiary alicyclic amines) is 1. The zero-order valence-electron chi connectivity index (χ0n) is 11.7. The molecule has 18 heavy (non-hydrogen) atoms. The van der Waals surface area contributed by atoms with Crippen molar-refractivity contribution in [3.63, 3.8) is 0 Å². The number of β-amino-alcohol motifs (C(OH)–C–C–N with tert-alkyl or cyclic N) is 1. The van der Waals surface area contributed by atoms with E-state index in [1.807, 2.05) is 0 Å². The van der Waals surface area contributed by atoms with Crippen molar-refractivity contribution in [1.29, 1.82) is 0 Å². The predicted octanol–water partition coefficient (Wildman–Crippen LogP) is 2.67. The van der Waals surface area contributed by atoms with E-state index >= 15 is 0 Å². The van der Waals surface area contributed by atoms with E-state index in [2.05, 4.69) is 37.8 Å². The fourth-order valence-electron chi connectivity index (χ4n) is 3.26. The van der Waals surface area contributed by atoms with Gasteiger partial charge in [-0.05, 0) is 62.3 Å². The molecule has 0 bridgehead atoms. The summed E-state index contributed by atoms with van der Waals surface area (Å²) in [4.78, 5) is 2.47. The second-order valence-electron chi connectivity index (χ2n) is 6.23. The highest BCUT2D eigenvalue weighted by molar-refractivity contribution is 5.40. The summed E-state index contributed by atoms with van der Waals surface area (Å²) in [6.07, 6.45) is 3.52. The standard InChI is InChI=1S/C16H23NO/c1-11-8-13(3)15(9-12(11)2)16(18)6-7-17(10-16)14-4-5-14/h8-9,14,18H,4-7,10H2,1-3H3. The molecule has 0 spiro atoms. The Morgan fingerprint density at radius 3 is 2.44 bits per heavy atom. The highest BCUT2D eigenvalue weighted by Gasteiger charge is 2.43. The molecule has 1 heterocycles. The van der Waals surface area contributed by atoms with Gasteiger partial charge in [-0.1, -0.05) is 12.1 Å². The van der Waals surface area contributed by atoms with Crippen molar-refractivity contribution in [3.05, 3.63) is 34.4 Å². The third-order valence-corrected chi connectivity index (χ3v) is 4.68. The third kappa shape index (κ3) is 1.98. The van der Waals surface area contributed by atoms with Crippen LogP contribution in [0.5, 0.6) is 0 Å². The molecule has 0 aromatic heterocycles. The fourth-order valence-corrected chi connectivity index (χ4v) is 3.26. The summed E-state index contributed by atoms with van der Waals surface area (Å²) in [6.45, 7) is 8.27. The first-order valence-electron chi connectivity index (χ1n) is 7.04. The lowest BCUT2D eigenvalue weighted by molar-refractivity contribution is 0.0445. The molecule has 98 valence electrons. The first-order chi connectivity index (χ1) is 8.49. The molecule has 2 aliphatic rings. The van der Waals surface area contributed by atoms with Gasteiger partial charge in [-0.25, -0.2) is 0 Å². The molecule has 3 rings (SSSR count). The van der Waals surface area contributed by atoms with Gasteiger partial charge in [0.2, 0.25) is 0 Å². The maximum absolute atomic E-state index is 11.0. The van der Waals surface area contributed by atoms with Crippen LogP contribution in [0.1, 0.15) is 41.5 Å². The first-order valence-corrected chi connectivity index (χ1v) is 7.04. The Morgan fingerprint density at radius 2 is 1.78 bits per heavy atom. The van der Waals surface area contributed by atoms with E-state index in [1.54, 1.807) is 0 Å². The number of hydrogen-bond donors (Lipinski definition) is 1. The first kappa shape index (κ1) is 12.2. The second-order valence-corrected chi connectivity index (χ2v) is 6.23. The second kappa shape index (κ2) is 4.07. The Hall–Kier alpha value is -0.860. The molecule has 2 fully saturated rings. The molecular formula is C16H23NO. The Labute approximate surface area is 110 Å². The molecule has 2 heteroatoms. The highest BCUT2D eigenvalue weighted by Crippen LogP contribution is 2.39. The van der Waals surface area contributed by atoms with Crippen LogP contribution in [0, 0.1) is 20.8 Å². The summed E-state index contributed by atoms with van der Waals surface area (Å²) in [5.41, 5.74) is 4.36. The third-order valence-electron chi connectivity index (χ3n) is 4.68. The average molecular weight is 245 g/mol. The van der Waals surface area contributed by atoms with Crippen LogP contribution in [0.2, 0.25) is 0 Å². The highest BCUT2D eigenvalue weighted by atomic mass is 16.3. The molecule has 1 aliphatic heterocycles. The van der Waals surface area contributed by atoms with Crippen LogP contribution < -0.4 is 0 Å². The van der Waals surface area contributed by atoms with Gasteiger partial charge in [-0.3, -0.25) is 4.90 Å². The van der Waals surface area contributed by atoms with E-state index in [-0.39, 0.29) is 0 Å². The molecule has 1 aromatic rings. The van der Waals surface area contributed by atoms with Crippen LogP contribution in [-0.4, -0.2) is 29.1 Å². The van der Waals surface area contributed by atoms with Gasteiger partial charge < -0.3 is 5.11 Å². The summed E-state index contributed by atoms with van der Waals surface area (Å²) < 4.78 is 0. The zero-order chi connectivity index (χ0) is 12.9. The molecule has 2 nitrogen and oxygen atoms in total. The lowest BCUT2D eigenvalue weighted by atomic mass is 9.87. The molecule has 1 aliphatic carbocycles. The Morgan fingerprint density at radius 1 is 1.11 bits per heavy atom. The quantitative estimate of drug-likeness (QED) is 0.866.